The lowest BCUT2D eigenvalue weighted by Crippen LogP contribution is -2.12. The molecule has 0 fully saturated rings. The molecule has 6 rings (SSSR count). The molecule has 0 spiro atoms. The lowest BCUT2D eigenvalue weighted by atomic mass is 9.90. The Kier molecular flexibility index (Phi) is 5.02. The van der Waals surface area contributed by atoms with Gasteiger partial charge in [0.25, 0.3) is 0 Å². The number of rotatable bonds is 1. The molecule has 0 aliphatic heterocycles. The van der Waals surface area contributed by atoms with E-state index in [1.165, 1.54) is 12.1 Å². The summed E-state index contributed by atoms with van der Waals surface area (Å²) in [6, 6.07) is 4.27. The number of benzene rings is 4. The highest BCUT2D eigenvalue weighted by Crippen LogP contribution is 2.49. The number of hydrogen-bond acceptors (Lipinski definition) is 10. The summed E-state index contributed by atoms with van der Waals surface area (Å²) in [5.41, 5.74) is -1.47. The van der Waals surface area contributed by atoms with Gasteiger partial charge < -0.3 is 39.5 Å². The molecule has 6 N–H and O–H groups in total. The molecule has 4 aromatic carbocycles. The van der Waals surface area contributed by atoms with Crippen molar-refractivity contribution in [3.63, 3.8) is 0 Å². The van der Waals surface area contributed by atoms with Crippen LogP contribution in [0.4, 0.5) is 0 Å². The molecule has 0 aliphatic carbocycles. The molecule has 0 saturated heterocycles. The van der Waals surface area contributed by atoms with Gasteiger partial charge in [0.15, 0.2) is 10.9 Å². The van der Waals surface area contributed by atoms with E-state index in [4.69, 9.17) is 8.83 Å². The zero-order valence-corrected chi connectivity index (χ0v) is 21.6. The minimum Gasteiger partial charge on any atom is -0.507 e. The standard InChI is InChI=1S/C30H22O10/c1-9-11(3)39-19-5-13-21(15(31)7-17(33)23(13)29(37)25(19)27(9)35)22-14-6-20-26(28(36)10(2)12(4)40-20)30(38)24(14)18(34)8-16(22)32/h5-8,33-38H,1-4H3. The summed E-state index contributed by atoms with van der Waals surface area (Å²) >= 11 is 0. The highest BCUT2D eigenvalue weighted by atomic mass is 16.3. The molecule has 10 heteroatoms. The van der Waals surface area contributed by atoms with Crippen LogP contribution in [0.3, 0.4) is 0 Å². The molecule has 0 atom stereocenters. The van der Waals surface area contributed by atoms with Crippen molar-refractivity contribution < 1.29 is 39.5 Å². The summed E-state index contributed by atoms with van der Waals surface area (Å²) in [6.45, 7) is 6.35. The van der Waals surface area contributed by atoms with Gasteiger partial charge in [-0.25, -0.2) is 0 Å². The highest BCUT2D eigenvalue weighted by molar-refractivity contribution is 6.18. The van der Waals surface area contributed by atoms with Crippen molar-refractivity contribution in [3.05, 3.63) is 67.4 Å². The largest absolute Gasteiger partial charge is 0.507 e. The van der Waals surface area contributed by atoms with Crippen molar-refractivity contribution in [2.75, 3.05) is 0 Å². The van der Waals surface area contributed by atoms with Gasteiger partial charge in [-0.2, -0.15) is 0 Å². The van der Waals surface area contributed by atoms with Gasteiger partial charge in [0.2, 0.25) is 0 Å². The fourth-order valence-corrected chi connectivity index (χ4v) is 5.33. The van der Waals surface area contributed by atoms with Gasteiger partial charge in [0.05, 0.1) is 10.8 Å². The Labute approximate surface area is 223 Å². The summed E-state index contributed by atoms with van der Waals surface area (Å²) in [5.74, 6) is -2.27. The quantitative estimate of drug-likeness (QED) is 0.148. The molecule has 10 nitrogen and oxygen atoms in total. The average molecular weight is 542 g/mol. The fourth-order valence-electron chi connectivity index (χ4n) is 5.33. The van der Waals surface area contributed by atoms with Crippen LogP contribution in [0.15, 0.2) is 42.7 Å². The minimum absolute atomic E-state index is 0.0216. The molecule has 0 aliphatic rings. The van der Waals surface area contributed by atoms with Crippen molar-refractivity contribution in [1.82, 2.24) is 0 Å². The van der Waals surface area contributed by atoms with Gasteiger partial charge in [0, 0.05) is 45.2 Å². The van der Waals surface area contributed by atoms with Crippen LogP contribution in [0.25, 0.3) is 54.6 Å². The van der Waals surface area contributed by atoms with Crippen molar-refractivity contribution in [3.8, 4) is 45.6 Å². The maximum Gasteiger partial charge on any atom is 0.190 e. The second-order valence-electron chi connectivity index (χ2n) is 9.84. The van der Waals surface area contributed by atoms with Crippen LogP contribution in [0.5, 0.6) is 34.5 Å². The van der Waals surface area contributed by atoms with E-state index < -0.39 is 33.9 Å². The third-order valence-corrected chi connectivity index (χ3v) is 7.63. The first-order valence-electron chi connectivity index (χ1n) is 12.1. The van der Waals surface area contributed by atoms with Gasteiger partial charge in [0.1, 0.15) is 68.0 Å². The van der Waals surface area contributed by atoms with Crippen LogP contribution in [-0.2, 0) is 0 Å². The highest BCUT2D eigenvalue weighted by Gasteiger charge is 2.27. The third-order valence-electron chi connectivity index (χ3n) is 7.63. The van der Waals surface area contributed by atoms with E-state index in [0.717, 1.165) is 12.1 Å². The molecule has 0 unspecified atom stereocenters. The molecular formula is C30H22O10. The first kappa shape index (κ1) is 24.9. The van der Waals surface area contributed by atoms with Gasteiger partial charge in [-0.1, -0.05) is 0 Å². The first-order chi connectivity index (χ1) is 18.8. The van der Waals surface area contributed by atoms with Gasteiger partial charge in [-0.3, -0.25) is 9.59 Å². The van der Waals surface area contributed by atoms with E-state index in [1.54, 1.807) is 27.7 Å². The summed E-state index contributed by atoms with van der Waals surface area (Å²) in [7, 11) is 0. The molecule has 2 heterocycles. The van der Waals surface area contributed by atoms with E-state index in [-0.39, 0.29) is 66.1 Å². The molecule has 40 heavy (non-hydrogen) atoms. The van der Waals surface area contributed by atoms with Crippen LogP contribution in [0.1, 0.15) is 22.6 Å². The Hall–Kier alpha value is -5.38. The SMILES string of the molecule is Cc1oc2cc3c(-c4c(=O)cc(O)c5c(O)c6c(O)c(C)c(C)oc6cc45)c(=O)cc(O)c3c(O)c2c(O)c1C. The lowest BCUT2D eigenvalue weighted by Gasteiger charge is -2.16. The Balaban J connectivity index is 1.88. The van der Waals surface area contributed by atoms with E-state index in [1.807, 2.05) is 0 Å². The summed E-state index contributed by atoms with van der Waals surface area (Å²) in [4.78, 5) is 26.8. The summed E-state index contributed by atoms with van der Waals surface area (Å²) in [5, 5.41) is 64.4. The van der Waals surface area contributed by atoms with Crippen molar-refractivity contribution >= 4 is 43.5 Å². The first-order valence-corrected chi connectivity index (χ1v) is 12.1. The molecule has 0 amide bonds. The number of aryl methyl sites for hydroxylation is 2. The second kappa shape index (κ2) is 8.06. The van der Waals surface area contributed by atoms with E-state index in [9.17, 15) is 40.2 Å². The molecule has 202 valence electrons. The Bertz CT molecular complexity index is 2090. The van der Waals surface area contributed by atoms with Crippen LogP contribution in [0, 0.1) is 27.7 Å². The van der Waals surface area contributed by atoms with Crippen LogP contribution in [-0.4, -0.2) is 30.6 Å². The average Bonchev–Trinajstić information content (AvgIpc) is 2.86. The smallest absolute Gasteiger partial charge is 0.190 e. The Morgan fingerprint density at radius 2 is 0.850 bits per heavy atom. The zero-order chi connectivity index (χ0) is 28.9. The zero-order valence-electron chi connectivity index (χ0n) is 21.6. The van der Waals surface area contributed by atoms with Crippen molar-refractivity contribution in [2.45, 2.75) is 27.7 Å². The van der Waals surface area contributed by atoms with E-state index in [2.05, 4.69) is 0 Å². The Morgan fingerprint density at radius 1 is 0.500 bits per heavy atom. The maximum atomic E-state index is 13.4. The van der Waals surface area contributed by atoms with Crippen LogP contribution in [0.2, 0.25) is 0 Å². The topological polar surface area (TPSA) is 182 Å². The van der Waals surface area contributed by atoms with E-state index in [0.29, 0.717) is 22.6 Å². The second-order valence-corrected chi connectivity index (χ2v) is 9.84. The maximum absolute atomic E-state index is 13.4. The van der Waals surface area contributed by atoms with Crippen molar-refractivity contribution in [1.29, 1.82) is 0 Å². The number of aromatic hydroxyl groups is 6. The molecule has 2 aromatic heterocycles. The lowest BCUT2D eigenvalue weighted by molar-refractivity contribution is 0.446. The van der Waals surface area contributed by atoms with Gasteiger partial charge in [-0.05, 0) is 39.8 Å². The Morgan fingerprint density at radius 3 is 1.20 bits per heavy atom. The molecule has 0 saturated carbocycles. The van der Waals surface area contributed by atoms with Crippen LogP contribution < -0.4 is 10.9 Å². The molecule has 0 radical (unpaired) electrons. The fraction of sp³-hybridized carbons (Fsp3) is 0.133. The third kappa shape index (κ3) is 3.10. The minimum atomic E-state index is -0.805. The normalized spacial score (nSPS) is 11.8. The van der Waals surface area contributed by atoms with Gasteiger partial charge in [-0.15, -0.1) is 0 Å². The van der Waals surface area contributed by atoms with E-state index >= 15 is 0 Å². The molecule has 0 bridgehead atoms. The predicted octanol–water partition coefficient (Wildman–Crippen LogP) is 5.34. The molecular weight excluding hydrogens is 520 g/mol. The summed E-state index contributed by atoms with van der Waals surface area (Å²) < 4.78 is 11.6. The predicted molar refractivity (Wildman–Crippen MR) is 148 cm³/mol. The number of fused-ring (bicyclic) bond motifs is 4. The summed E-state index contributed by atoms with van der Waals surface area (Å²) in [6.07, 6.45) is 0. The van der Waals surface area contributed by atoms with Crippen LogP contribution >= 0.6 is 0 Å². The van der Waals surface area contributed by atoms with Gasteiger partial charge >= 0.3 is 0 Å². The van der Waals surface area contributed by atoms with Crippen molar-refractivity contribution in [2.24, 2.45) is 0 Å². The number of hydrogen-bond donors (Lipinski definition) is 6. The monoisotopic (exact) mass is 542 g/mol. The number of phenols is 4. The molecule has 6 aromatic rings. The number of phenolic OH excluding ortho intramolecular Hbond substituents is 4.